The number of rotatable bonds is 4. The number of para-hydroxylation sites is 3. The highest BCUT2D eigenvalue weighted by Crippen LogP contribution is 2.31. The molecule has 4 rings (SSSR count). The number of fused-ring (bicyclic) bond motifs is 1. The molecule has 0 radical (unpaired) electrons. The summed E-state index contributed by atoms with van der Waals surface area (Å²) in [6.07, 6.45) is 0.933. The highest BCUT2D eigenvalue weighted by atomic mass is 16.6. The Balaban J connectivity index is 1.61. The molecule has 1 amide bonds. The van der Waals surface area contributed by atoms with Crippen LogP contribution < -0.4 is 10.2 Å². The predicted octanol–water partition coefficient (Wildman–Crippen LogP) is 4.41. The molecular weight excluding hydrogens is 354 g/mol. The van der Waals surface area contributed by atoms with Gasteiger partial charge in [0, 0.05) is 19.2 Å². The van der Waals surface area contributed by atoms with Crippen molar-refractivity contribution in [2.75, 3.05) is 16.8 Å². The zero-order chi connectivity index (χ0) is 19.5. The van der Waals surface area contributed by atoms with E-state index in [1.165, 1.54) is 23.3 Å². The predicted molar refractivity (Wildman–Crippen MR) is 109 cm³/mol. The number of nitro benzene ring substituents is 1. The van der Waals surface area contributed by atoms with Crippen LogP contribution in [0.5, 0.6) is 0 Å². The second-order valence-corrected chi connectivity index (χ2v) is 6.69. The number of carbonyl (C=O) groups is 1. The molecule has 0 atom stereocenters. The third-order valence-electron chi connectivity index (χ3n) is 4.97. The number of hydrogen-bond acceptors (Lipinski definition) is 4. The fraction of sp³-hybridized carbons (Fsp3) is 0.136. The van der Waals surface area contributed by atoms with E-state index in [0.717, 1.165) is 25.2 Å². The lowest BCUT2D eigenvalue weighted by Gasteiger charge is -2.32. The zero-order valence-electron chi connectivity index (χ0n) is 15.2. The maximum Gasteiger partial charge on any atom is 0.282 e. The van der Waals surface area contributed by atoms with E-state index < -0.39 is 10.8 Å². The van der Waals surface area contributed by atoms with E-state index in [-0.39, 0.29) is 11.3 Å². The van der Waals surface area contributed by atoms with Crippen molar-refractivity contribution in [1.82, 2.24) is 0 Å². The summed E-state index contributed by atoms with van der Waals surface area (Å²) in [5, 5.41) is 14.1. The lowest BCUT2D eigenvalue weighted by Crippen LogP contribution is -2.31. The van der Waals surface area contributed by atoms with Crippen molar-refractivity contribution in [3.05, 3.63) is 99.6 Å². The van der Waals surface area contributed by atoms with E-state index in [2.05, 4.69) is 28.4 Å². The minimum atomic E-state index is -0.539. The van der Waals surface area contributed by atoms with Crippen molar-refractivity contribution in [1.29, 1.82) is 0 Å². The number of nitrogens with one attached hydrogen (secondary N) is 1. The van der Waals surface area contributed by atoms with E-state index in [9.17, 15) is 14.9 Å². The molecule has 3 aromatic carbocycles. The highest BCUT2D eigenvalue weighted by molar-refractivity contribution is 6.08. The molecule has 0 bridgehead atoms. The van der Waals surface area contributed by atoms with Crippen molar-refractivity contribution in [3.63, 3.8) is 0 Å². The summed E-state index contributed by atoms with van der Waals surface area (Å²) >= 11 is 0. The normalized spacial score (nSPS) is 12.9. The van der Waals surface area contributed by atoms with E-state index in [1.54, 1.807) is 12.1 Å². The summed E-state index contributed by atoms with van der Waals surface area (Å²) in [6.45, 7) is 1.60. The highest BCUT2D eigenvalue weighted by Gasteiger charge is 2.22. The first-order valence-corrected chi connectivity index (χ1v) is 9.09. The van der Waals surface area contributed by atoms with Crippen LogP contribution in [0.2, 0.25) is 0 Å². The monoisotopic (exact) mass is 373 g/mol. The van der Waals surface area contributed by atoms with Gasteiger partial charge in [0.05, 0.1) is 16.3 Å². The molecule has 6 heteroatoms. The average Bonchev–Trinajstić information content (AvgIpc) is 2.73. The first kappa shape index (κ1) is 17.7. The van der Waals surface area contributed by atoms with Gasteiger partial charge in [0.15, 0.2) is 0 Å². The van der Waals surface area contributed by atoms with Crippen LogP contribution in [-0.2, 0) is 13.0 Å². The van der Waals surface area contributed by atoms with Crippen molar-refractivity contribution in [2.24, 2.45) is 0 Å². The summed E-state index contributed by atoms with van der Waals surface area (Å²) < 4.78 is 0. The zero-order valence-corrected chi connectivity index (χ0v) is 15.2. The SMILES string of the molecule is O=C(Nc1ccccc1N1CCc2ccccc2C1)c1ccccc1[N+](=O)[O-]. The molecule has 0 aromatic heterocycles. The Hall–Kier alpha value is -3.67. The largest absolute Gasteiger partial charge is 0.365 e. The van der Waals surface area contributed by atoms with Gasteiger partial charge in [-0.25, -0.2) is 0 Å². The van der Waals surface area contributed by atoms with Gasteiger partial charge in [-0.3, -0.25) is 14.9 Å². The second-order valence-electron chi connectivity index (χ2n) is 6.69. The molecule has 0 unspecified atom stereocenters. The van der Waals surface area contributed by atoms with E-state index in [1.807, 2.05) is 30.3 Å². The smallest absolute Gasteiger partial charge is 0.282 e. The minimum Gasteiger partial charge on any atom is -0.365 e. The lowest BCUT2D eigenvalue weighted by molar-refractivity contribution is -0.385. The summed E-state index contributed by atoms with van der Waals surface area (Å²) in [4.78, 5) is 25.6. The standard InChI is InChI=1S/C22H19N3O3/c26-22(18-9-3-5-11-20(18)25(27)28)23-19-10-4-6-12-21(19)24-14-13-16-7-1-2-8-17(16)15-24/h1-12H,13-15H2,(H,23,26). The minimum absolute atomic E-state index is 0.0475. The van der Waals surface area contributed by atoms with Crippen LogP contribution in [0.15, 0.2) is 72.8 Å². The Morgan fingerprint density at radius 3 is 2.43 bits per heavy atom. The van der Waals surface area contributed by atoms with Crippen molar-refractivity contribution < 1.29 is 9.72 Å². The van der Waals surface area contributed by atoms with Gasteiger partial charge in [-0.05, 0) is 35.7 Å². The molecule has 0 fully saturated rings. The van der Waals surface area contributed by atoms with Gasteiger partial charge in [0.2, 0.25) is 0 Å². The van der Waals surface area contributed by atoms with Crippen molar-refractivity contribution in [2.45, 2.75) is 13.0 Å². The molecule has 0 saturated carbocycles. The first-order chi connectivity index (χ1) is 13.6. The van der Waals surface area contributed by atoms with Crippen LogP contribution in [0.3, 0.4) is 0 Å². The maximum absolute atomic E-state index is 12.7. The molecule has 0 saturated heterocycles. The van der Waals surface area contributed by atoms with Gasteiger partial charge in [-0.2, -0.15) is 0 Å². The van der Waals surface area contributed by atoms with Crippen LogP contribution in [-0.4, -0.2) is 17.4 Å². The van der Waals surface area contributed by atoms with Crippen molar-refractivity contribution in [3.8, 4) is 0 Å². The molecule has 1 aliphatic rings. The van der Waals surface area contributed by atoms with E-state index in [0.29, 0.717) is 5.69 Å². The van der Waals surface area contributed by atoms with Crippen LogP contribution in [0.4, 0.5) is 17.1 Å². The molecule has 1 N–H and O–H groups in total. The molecular formula is C22H19N3O3. The third-order valence-corrected chi connectivity index (χ3v) is 4.97. The molecule has 140 valence electrons. The fourth-order valence-electron chi connectivity index (χ4n) is 3.57. The second kappa shape index (κ2) is 7.52. The number of nitro groups is 1. The Bertz CT molecular complexity index is 1050. The third kappa shape index (κ3) is 3.44. The maximum atomic E-state index is 12.7. The number of carbonyl (C=O) groups excluding carboxylic acids is 1. The number of nitrogens with zero attached hydrogens (tertiary/aromatic N) is 2. The number of anilines is 2. The molecule has 0 aliphatic carbocycles. The van der Waals surface area contributed by atoms with Gasteiger partial charge in [-0.1, -0.05) is 48.5 Å². The Morgan fingerprint density at radius 1 is 0.929 bits per heavy atom. The van der Waals surface area contributed by atoms with Gasteiger partial charge < -0.3 is 10.2 Å². The summed E-state index contributed by atoms with van der Waals surface area (Å²) in [6, 6.07) is 21.9. The number of benzene rings is 3. The van der Waals surface area contributed by atoms with Crippen LogP contribution in [0, 0.1) is 10.1 Å². The summed E-state index contributed by atoms with van der Waals surface area (Å²) in [7, 11) is 0. The van der Waals surface area contributed by atoms with Gasteiger partial charge >= 0.3 is 0 Å². The molecule has 1 heterocycles. The first-order valence-electron chi connectivity index (χ1n) is 9.09. The summed E-state index contributed by atoms with van der Waals surface area (Å²) in [5.41, 5.74) is 4.01. The lowest BCUT2D eigenvalue weighted by atomic mass is 9.99. The molecule has 6 nitrogen and oxygen atoms in total. The molecule has 3 aromatic rings. The van der Waals surface area contributed by atoms with Gasteiger partial charge in [-0.15, -0.1) is 0 Å². The molecule has 1 aliphatic heterocycles. The van der Waals surface area contributed by atoms with Crippen LogP contribution in [0.25, 0.3) is 0 Å². The summed E-state index contributed by atoms with van der Waals surface area (Å²) in [5.74, 6) is -0.489. The Morgan fingerprint density at radius 2 is 1.61 bits per heavy atom. The number of hydrogen-bond donors (Lipinski definition) is 1. The molecule has 28 heavy (non-hydrogen) atoms. The van der Waals surface area contributed by atoms with E-state index >= 15 is 0 Å². The van der Waals surface area contributed by atoms with Crippen LogP contribution in [0.1, 0.15) is 21.5 Å². The Kier molecular flexibility index (Phi) is 4.76. The average molecular weight is 373 g/mol. The van der Waals surface area contributed by atoms with Crippen LogP contribution >= 0.6 is 0 Å². The van der Waals surface area contributed by atoms with E-state index in [4.69, 9.17) is 0 Å². The Labute approximate surface area is 162 Å². The van der Waals surface area contributed by atoms with Gasteiger partial charge in [0.25, 0.3) is 11.6 Å². The van der Waals surface area contributed by atoms with Crippen molar-refractivity contribution >= 4 is 23.0 Å². The number of amides is 1. The van der Waals surface area contributed by atoms with Gasteiger partial charge in [0.1, 0.15) is 5.56 Å². The topological polar surface area (TPSA) is 75.5 Å². The quantitative estimate of drug-likeness (QED) is 0.543. The molecule has 0 spiro atoms. The fourth-order valence-corrected chi connectivity index (χ4v) is 3.57.